The zero-order chi connectivity index (χ0) is 20.3. The molecule has 5 aromatic rings. The van der Waals surface area contributed by atoms with Gasteiger partial charge in [0.15, 0.2) is 0 Å². The minimum Gasteiger partial charge on any atom is -0.343 e. The summed E-state index contributed by atoms with van der Waals surface area (Å²) in [7, 11) is 0. The standard InChI is InChI=1S/C25H19ClN4/c26-19-8-4-9-20(16-19)28-25-27-14-12-23(29-25)21-10-5-11-24-22(21)13-15-30(24)17-18-6-2-1-3-7-18/h1-16H,17H2,(H,27,28,29). The Balaban J connectivity index is 1.49. The maximum absolute atomic E-state index is 6.08. The molecule has 0 saturated carbocycles. The van der Waals surface area contributed by atoms with E-state index in [-0.39, 0.29) is 0 Å². The summed E-state index contributed by atoms with van der Waals surface area (Å²) in [5.41, 5.74) is 5.26. The molecule has 2 aromatic heterocycles. The van der Waals surface area contributed by atoms with Crippen molar-refractivity contribution in [2.24, 2.45) is 0 Å². The fourth-order valence-corrected chi connectivity index (χ4v) is 3.82. The summed E-state index contributed by atoms with van der Waals surface area (Å²) >= 11 is 6.08. The maximum atomic E-state index is 6.08. The number of benzene rings is 3. The molecule has 0 fully saturated rings. The first kappa shape index (κ1) is 18.4. The number of anilines is 2. The van der Waals surface area contributed by atoms with Crippen LogP contribution in [0, 0.1) is 0 Å². The van der Waals surface area contributed by atoms with Gasteiger partial charge in [0.25, 0.3) is 0 Å². The van der Waals surface area contributed by atoms with E-state index < -0.39 is 0 Å². The van der Waals surface area contributed by atoms with E-state index >= 15 is 0 Å². The Hall–Kier alpha value is -3.63. The van der Waals surface area contributed by atoms with E-state index in [2.05, 4.69) is 69.6 Å². The lowest BCUT2D eigenvalue weighted by Crippen LogP contribution is -1.99. The first-order valence-corrected chi connectivity index (χ1v) is 10.1. The highest BCUT2D eigenvalue weighted by atomic mass is 35.5. The predicted octanol–water partition coefficient (Wildman–Crippen LogP) is 6.54. The Morgan fingerprint density at radius 1 is 0.867 bits per heavy atom. The lowest BCUT2D eigenvalue weighted by atomic mass is 10.1. The molecule has 0 saturated heterocycles. The number of hydrogen-bond donors (Lipinski definition) is 1. The van der Waals surface area contributed by atoms with Gasteiger partial charge in [-0.1, -0.05) is 60.1 Å². The molecule has 0 radical (unpaired) electrons. The van der Waals surface area contributed by atoms with Crippen molar-refractivity contribution in [1.82, 2.24) is 14.5 Å². The van der Waals surface area contributed by atoms with Crippen LogP contribution in [0.3, 0.4) is 0 Å². The normalized spacial score (nSPS) is 11.0. The molecular weight excluding hydrogens is 392 g/mol. The van der Waals surface area contributed by atoms with Crippen LogP contribution in [0.15, 0.2) is 97.3 Å². The van der Waals surface area contributed by atoms with E-state index in [1.165, 1.54) is 16.5 Å². The number of halogens is 1. The van der Waals surface area contributed by atoms with Gasteiger partial charge in [0.05, 0.1) is 5.69 Å². The summed E-state index contributed by atoms with van der Waals surface area (Å²) in [5.74, 6) is 0.537. The third-order valence-corrected chi connectivity index (χ3v) is 5.26. The Kier molecular flexibility index (Phi) is 4.91. The van der Waals surface area contributed by atoms with Crippen molar-refractivity contribution in [1.29, 1.82) is 0 Å². The smallest absolute Gasteiger partial charge is 0.227 e. The highest BCUT2D eigenvalue weighted by Gasteiger charge is 2.10. The summed E-state index contributed by atoms with van der Waals surface area (Å²) < 4.78 is 2.26. The van der Waals surface area contributed by atoms with Crippen molar-refractivity contribution in [2.75, 3.05) is 5.32 Å². The molecule has 0 aliphatic heterocycles. The molecular formula is C25H19ClN4. The molecule has 3 aromatic carbocycles. The Morgan fingerprint density at radius 2 is 1.73 bits per heavy atom. The molecule has 5 rings (SSSR count). The number of rotatable bonds is 5. The molecule has 0 aliphatic rings. The zero-order valence-corrected chi connectivity index (χ0v) is 16.9. The molecule has 0 atom stereocenters. The van der Waals surface area contributed by atoms with Crippen molar-refractivity contribution in [3.8, 4) is 11.3 Å². The largest absolute Gasteiger partial charge is 0.343 e. The highest BCUT2D eigenvalue weighted by Crippen LogP contribution is 2.29. The average Bonchev–Trinajstić information content (AvgIpc) is 3.18. The van der Waals surface area contributed by atoms with Gasteiger partial charge in [-0.2, -0.15) is 0 Å². The summed E-state index contributed by atoms with van der Waals surface area (Å²) in [6.07, 6.45) is 3.91. The minimum absolute atomic E-state index is 0.537. The zero-order valence-electron chi connectivity index (χ0n) is 16.2. The second-order valence-corrected chi connectivity index (χ2v) is 7.50. The van der Waals surface area contributed by atoms with Gasteiger partial charge in [-0.25, -0.2) is 9.97 Å². The van der Waals surface area contributed by atoms with Crippen LogP contribution >= 0.6 is 11.6 Å². The van der Waals surface area contributed by atoms with E-state index in [0.717, 1.165) is 23.5 Å². The van der Waals surface area contributed by atoms with Gasteiger partial charge in [0.1, 0.15) is 0 Å². The topological polar surface area (TPSA) is 42.7 Å². The van der Waals surface area contributed by atoms with Gasteiger partial charge >= 0.3 is 0 Å². The SMILES string of the molecule is Clc1cccc(Nc2nccc(-c3cccc4c3ccn4Cc3ccccc3)n2)c1. The van der Waals surface area contributed by atoms with Crippen molar-refractivity contribution >= 4 is 34.1 Å². The molecule has 4 nitrogen and oxygen atoms in total. The predicted molar refractivity (Wildman–Crippen MR) is 123 cm³/mol. The van der Waals surface area contributed by atoms with E-state index in [1.54, 1.807) is 6.20 Å². The van der Waals surface area contributed by atoms with Gasteiger partial charge in [-0.05, 0) is 42.0 Å². The monoisotopic (exact) mass is 410 g/mol. The van der Waals surface area contributed by atoms with Crippen LogP contribution in [0.2, 0.25) is 5.02 Å². The van der Waals surface area contributed by atoms with Crippen molar-refractivity contribution in [3.63, 3.8) is 0 Å². The molecule has 146 valence electrons. The summed E-state index contributed by atoms with van der Waals surface area (Å²) in [4.78, 5) is 9.10. The van der Waals surface area contributed by atoms with Crippen LogP contribution in [0.1, 0.15) is 5.56 Å². The summed E-state index contributed by atoms with van der Waals surface area (Å²) in [6.45, 7) is 0.832. The van der Waals surface area contributed by atoms with Crippen LogP contribution in [0.5, 0.6) is 0 Å². The molecule has 0 unspecified atom stereocenters. The number of aromatic nitrogens is 3. The quantitative estimate of drug-likeness (QED) is 0.357. The average molecular weight is 411 g/mol. The van der Waals surface area contributed by atoms with Gasteiger partial charge in [-0.15, -0.1) is 0 Å². The Bertz CT molecular complexity index is 1310. The molecule has 2 heterocycles. The van der Waals surface area contributed by atoms with Crippen LogP contribution in [-0.2, 0) is 6.54 Å². The van der Waals surface area contributed by atoms with Crippen molar-refractivity contribution in [2.45, 2.75) is 6.54 Å². The van der Waals surface area contributed by atoms with Crippen molar-refractivity contribution in [3.05, 3.63) is 108 Å². The van der Waals surface area contributed by atoms with Crippen LogP contribution in [0.25, 0.3) is 22.2 Å². The van der Waals surface area contributed by atoms with Gasteiger partial charge < -0.3 is 9.88 Å². The third-order valence-electron chi connectivity index (χ3n) is 5.02. The number of nitrogens with zero attached hydrogens (tertiary/aromatic N) is 3. The molecule has 0 aliphatic carbocycles. The first-order chi connectivity index (χ1) is 14.8. The van der Waals surface area contributed by atoms with E-state index in [0.29, 0.717) is 11.0 Å². The second-order valence-electron chi connectivity index (χ2n) is 7.07. The molecule has 1 N–H and O–H groups in total. The summed E-state index contributed by atoms with van der Waals surface area (Å²) in [6, 6.07) is 28.4. The molecule has 0 spiro atoms. The van der Waals surface area contributed by atoms with Crippen LogP contribution in [0.4, 0.5) is 11.6 Å². The van der Waals surface area contributed by atoms with Crippen LogP contribution < -0.4 is 5.32 Å². The molecule has 0 amide bonds. The van der Waals surface area contributed by atoms with E-state index in [4.69, 9.17) is 16.6 Å². The van der Waals surface area contributed by atoms with E-state index in [1.807, 2.05) is 36.4 Å². The fraction of sp³-hybridized carbons (Fsp3) is 0.0400. The van der Waals surface area contributed by atoms with Gasteiger partial charge in [-0.3, -0.25) is 0 Å². The molecule has 5 heteroatoms. The van der Waals surface area contributed by atoms with E-state index in [9.17, 15) is 0 Å². The number of fused-ring (bicyclic) bond motifs is 1. The minimum atomic E-state index is 0.537. The Morgan fingerprint density at radius 3 is 2.60 bits per heavy atom. The van der Waals surface area contributed by atoms with Crippen LogP contribution in [-0.4, -0.2) is 14.5 Å². The number of hydrogen-bond acceptors (Lipinski definition) is 3. The summed E-state index contributed by atoms with van der Waals surface area (Å²) in [5, 5.41) is 5.06. The third kappa shape index (κ3) is 3.78. The molecule has 30 heavy (non-hydrogen) atoms. The second kappa shape index (κ2) is 8.01. The maximum Gasteiger partial charge on any atom is 0.227 e. The molecule has 0 bridgehead atoms. The fourth-order valence-electron chi connectivity index (χ4n) is 3.63. The van der Waals surface area contributed by atoms with Gasteiger partial charge in [0.2, 0.25) is 5.95 Å². The number of nitrogens with one attached hydrogen (secondary N) is 1. The lowest BCUT2D eigenvalue weighted by molar-refractivity contribution is 0.837. The van der Waals surface area contributed by atoms with Crippen molar-refractivity contribution < 1.29 is 0 Å². The van der Waals surface area contributed by atoms with Gasteiger partial charge in [0, 0.05) is 46.1 Å². The Labute approximate surface area is 179 Å². The first-order valence-electron chi connectivity index (χ1n) is 9.74. The lowest BCUT2D eigenvalue weighted by Gasteiger charge is -2.09. The highest BCUT2D eigenvalue weighted by molar-refractivity contribution is 6.30.